The zero-order valence-electron chi connectivity index (χ0n) is 11.5. The van der Waals surface area contributed by atoms with Crippen molar-refractivity contribution in [2.75, 3.05) is 19.7 Å². The molecule has 0 aromatic carbocycles. The van der Waals surface area contributed by atoms with E-state index >= 15 is 0 Å². The van der Waals surface area contributed by atoms with Gasteiger partial charge in [0.1, 0.15) is 0 Å². The molecule has 2 nitrogen and oxygen atoms in total. The van der Waals surface area contributed by atoms with Crippen LogP contribution in [0.4, 0.5) is 0 Å². The molecular weight excluding hydrogens is 198 g/mol. The third-order valence-electron chi connectivity index (χ3n) is 4.06. The Morgan fingerprint density at radius 1 is 1.12 bits per heavy atom. The molecule has 0 aromatic heterocycles. The first-order valence-corrected chi connectivity index (χ1v) is 6.93. The molecule has 2 heteroatoms. The standard InChI is InChI=1S/C14H29NO/c1-5-7-14(8-6-2)10-15(11-14)13(9-16)12(3)4/h12-13,16H,5-11H2,1-4H3/t13-/m0/s1. The van der Waals surface area contributed by atoms with Gasteiger partial charge in [0.15, 0.2) is 0 Å². The average Bonchev–Trinajstić information content (AvgIpc) is 2.16. The summed E-state index contributed by atoms with van der Waals surface area (Å²) in [5.74, 6) is 0.561. The van der Waals surface area contributed by atoms with Crippen molar-refractivity contribution in [3.63, 3.8) is 0 Å². The number of nitrogens with zero attached hydrogens (tertiary/aromatic N) is 1. The van der Waals surface area contributed by atoms with Gasteiger partial charge in [-0.15, -0.1) is 0 Å². The van der Waals surface area contributed by atoms with E-state index in [-0.39, 0.29) is 0 Å². The van der Waals surface area contributed by atoms with E-state index in [9.17, 15) is 5.11 Å². The smallest absolute Gasteiger partial charge is 0.0589 e. The number of hydrogen-bond acceptors (Lipinski definition) is 2. The van der Waals surface area contributed by atoms with Crippen LogP contribution >= 0.6 is 0 Å². The highest BCUT2D eigenvalue weighted by Gasteiger charge is 2.44. The van der Waals surface area contributed by atoms with Crippen LogP contribution in [0, 0.1) is 11.3 Å². The second-order valence-electron chi connectivity index (χ2n) is 5.90. The Balaban J connectivity index is 2.48. The summed E-state index contributed by atoms with van der Waals surface area (Å²) in [6.45, 7) is 11.7. The van der Waals surface area contributed by atoms with Crippen molar-refractivity contribution < 1.29 is 5.11 Å². The molecule has 0 saturated carbocycles. The highest BCUT2D eigenvalue weighted by atomic mass is 16.3. The molecule has 0 aromatic rings. The lowest BCUT2D eigenvalue weighted by atomic mass is 9.71. The highest BCUT2D eigenvalue weighted by Crippen LogP contribution is 2.41. The van der Waals surface area contributed by atoms with Gasteiger partial charge in [-0.1, -0.05) is 40.5 Å². The molecule has 0 bridgehead atoms. The minimum absolute atomic E-state index is 0.312. The molecule has 1 heterocycles. The Morgan fingerprint density at radius 3 is 1.94 bits per heavy atom. The molecule has 0 radical (unpaired) electrons. The molecule has 1 N–H and O–H groups in total. The van der Waals surface area contributed by atoms with Crippen molar-refractivity contribution >= 4 is 0 Å². The highest BCUT2D eigenvalue weighted by molar-refractivity contribution is 4.97. The lowest BCUT2D eigenvalue weighted by molar-refractivity contribution is -0.0691. The van der Waals surface area contributed by atoms with Gasteiger partial charge in [0, 0.05) is 19.1 Å². The Labute approximate surface area is 101 Å². The van der Waals surface area contributed by atoms with Gasteiger partial charge in [0.25, 0.3) is 0 Å². The molecule has 0 aliphatic carbocycles. The topological polar surface area (TPSA) is 23.5 Å². The normalized spacial score (nSPS) is 22.1. The van der Waals surface area contributed by atoms with E-state index in [4.69, 9.17) is 0 Å². The minimum atomic E-state index is 0.312. The van der Waals surface area contributed by atoms with Crippen LogP contribution in [0.2, 0.25) is 0 Å². The van der Waals surface area contributed by atoms with Crippen LogP contribution < -0.4 is 0 Å². The lowest BCUT2D eigenvalue weighted by Crippen LogP contribution is -2.61. The first-order chi connectivity index (χ1) is 7.58. The number of aliphatic hydroxyl groups is 1. The van der Waals surface area contributed by atoms with Gasteiger partial charge < -0.3 is 5.11 Å². The monoisotopic (exact) mass is 227 g/mol. The van der Waals surface area contributed by atoms with E-state index in [0.717, 1.165) is 0 Å². The quantitative estimate of drug-likeness (QED) is 0.723. The molecule has 1 fully saturated rings. The van der Waals surface area contributed by atoms with Gasteiger partial charge in [-0.3, -0.25) is 4.90 Å². The van der Waals surface area contributed by atoms with Gasteiger partial charge in [-0.2, -0.15) is 0 Å². The molecule has 1 aliphatic heterocycles. The van der Waals surface area contributed by atoms with E-state index in [2.05, 4.69) is 32.6 Å². The fraction of sp³-hybridized carbons (Fsp3) is 1.00. The molecule has 1 atom stereocenters. The second-order valence-corrected chi connectivity index (χ2v) is 5.90. The van der Waals surface area contributed by atoms with Crippen LogP contribution in [0.15, 0.2) is 0 Å². The summed E-state index contributed by atoms with van der Waals surface area (Å²) in [6.07, 6.45) is 5.29. The van der Waals surface area contributed by atoms with Crippen LogP contribution in [0.25, 0.3) is 0 Å². The van der Waals surface area contributed by atoms with E-state index in [0.29, 0.717) is 24.0 Å². The van der Waals surface area contributed by atoms with Crippen LogP contribution in [-0.2, 0) is 0 Å². The molecule has 0 unspecified atom stereocenters. The van der Waals surface area contributed by atoms with Crippen molar-refractivity contribution in [1.29, 1.82) is 0 Å². The number of rotatable bonds is 7. The van der Waals surface area contributed by atoms with E-state index in [1.165, 1.54) is 38.8 Å². The van der Waals surface area contributed by atoms with Crippen LogP contribution in [0.3, 0.4) is 0 Å². The van der Waals surface area contributed by atoms with Gasteiger partial charge in [0.2, 0.25) is 0 Å². The molecule has 1 saturated heterocycles. The predicted octanol–water partition coefficient (Wildman–Crippen LogP) is 2.91. The largest absolute Gasteiger partial charge is 0.395 e. The van der Waals surface area contributed by atoms with Gasteiger partial charge >= 0.3 is 0 Å². The third-order valence-corrected chi connectivity index (χ3v) is 4.06. The maximum absolute atomic E-state index is 9.42. The molecule has 1 aliphatic rings. The summed E-state index contributed by atoms with van der Waals surface area (Å²) >= 11 is 0. The number of aliphatic hydroxyl groups excluding tert-OH is 1. The summed E-state index contributed by atoms with van der Waals surface area (Å²) in [6, 6.07) is 0.377. The zero-order chi connectivity index (χ0) is 12.2. The van der Waals surface area contributed by atoms with Gasteiger partial charge in [0.05, 0.1) is 6.61 Å². The molecule has 0 amide bonds. The van der Waals surface area contributed by atoms with Crippen molar-refractivity contribution in [1.82, 2.24) is 4.90 Å². The minimum Gasteiger partial charge on any atom is -0.395 e. The third kappa shape index (κ3) is 2.98. The average molecular weight is 227 g/mol. The Hall–Kier alpha value is -0.0800. The van der Waals surface area contributed by atoms with E-state index in [1.807, 2.05) is 0 Å². The van der Waals surface area contributed by atoms with Crippen molar-refractivity contribution in [2.45, 2.75) is 59.4 Å². The van der Waals surface area contributed by atoms with Crippen molar-refractivity contribution in [2.24, 2.45) is 11.3 Å². The summed E-state index contributed by atoms with van der Waals surface area (Å²) in [5, 5.41) is 9.42. The summed E-state index contributed by atoms with van der Waals surface area (Å²) in [4.78, 5) is 2.48. The Morgan fingerprint density at radius 2 is 1.62 bits per heavy atom. The maximum Gasteiger partial charge on any atom is 0.0589 e. The fourth-order valence-electron chi connectivity index (χ4n) is 3.30. The predicted molar refractivity (Wildman–Crippen MR) is 69.5 cm³/mol. The van der Waals surface area contributed by atoms with Crippen LogP contribution in [0.5, 0.6) is 0 Å². The van der Waals surface area contributed by atoms with Crippen molar-refractivity contribution in [3.05, 3.63) is 0 Å². The molecule has 1 rings (SSSR count). The van der Waals surface area contributed by atoms with Gasteiger partial charge in [-0.25, -0.2) is 0 Å². The first-order valence-electron chi connectivity index (χ1n) is 6.93. The zero-order valence-corrected chi connectivity index (χ0v) is 11.5. The number of hydrogen-bond donors (Lipinski definition) is 1. The second kappa shape index (κ2) is 6.02. The molecule has 0 spiro atoms. The van der Waals surface area contributed by atoms with E-state index < -0.39 is 0 Å². The number of likely N-dealkylation sites (tertiary alicyclic amines) is 1. The summed E-state index contributed by atoms with van der Waals surface area (Å²) in [7, 11) is 0. The van der Waals surface area contributed by atoms with Gasteiger partial charge in [-0.05, 0) is 24.2 Å². The summed E-state index contributed by atoms with van der Waals surface area (Å²) in [5.41, 5.74) is 0.575. The van der Waals surface area contributed by atoms with Crippen LogP contribution in [-0.4, -0.2) is 35.7 Å². The SMILES string of the molecule is CCCC1(CCC)CN([C@@H](CO)C(C)C)C1. The van der Waals surface area contributed by atoms with Crippen molar-refractivity contribution in [3.8, 4) is 0 Å². The van der Waals surface area contributed by atoms with Crippen LogP contribution in [0.1, 0.15) is 53.4 Å². The van der Waals surface area contributed by atoms with E-state index in [1.54, 1.807) is 0 Å². The maximum atomic E-state index is 9.42. The molecule has 96 valence electrons. The Bertz CT molecular complexity index is 189. The Kier molecular flexibility index (Phi) is 5.26. The lowest BCUT2D eigenvalue weighted by Gasteiger charge is -2.54. The molecule has 16 heavy (non-hydrogen) atoms. The fourth-order valence-corrected chi connectivity index (χ4v) is 3.30. The summed E-state index contributed by atoms with van der Waals surface area (Å²) < 4.78 is 0. The first kappa shape index (κ1) is 14.0. The molecular formula is C14H29NO.